The molecular weight excluding hydrogens is 236 g/mol. The molecule has 1 aromatic carbocycles. The van der Waals surface area contributed by atoms with Gasteiger partial charge in [0.15, 0.2) is 0 Å². The Morgan fingerprint density at radius 2 is 2.11 bits per heavy atom. The number of fused-ring (bicyclic) bond motifs is 1. The number of nitrogens with zero attached hydrogens (tertiary/aromatic N) is 1. The van der Waals surface area contributed by atoms with Crippen molar-refractivity contribution in [2.75, 3.05) is 19.7 Å². The highest BCUT2D eigenvalue weighted by Crippen LogP contribution is 2.36. The number of rotatable bonds is 4. The molecule has 3 nitrogen and oxygen atoms in total. The fourth-order valence-corrected chi connectivity index (χ4v) is 3.70. The molecule has 3 rings (SSSR count). The van der Waals surface area contributed by atoms with Gasteiger partial charge in [0.25, 0.3) is 0 Å². The summed E-state index contributed by atoms with van der Waals surface area (Å²) in [6, 6.07) is 11.9. The third kappa shape index (κ3) is 2.69. The molecular formula is C16H24N2O. The lowest BCUT2D eigenvalue weighted by Gasteiger charge is -2.42. The molecule has 2 aliphatic rings. The molecule has 3 heteroatoms. The molecule has 2 N–H and O–H groups in total. The first-order valence-corrected chi connectivity index (χ1v) is 7.52. The zero-order chi connectivity index (χ0) is 13.1. The molecule has 1 aliphatic carbocycles. The maximum atomic E-state index is 5.92. The molecule has 0 spiro atoms. The minimum absolute atomic E-state index is 0.456. The first-order valence-electron chi connectivity index (χ1n) is 7.52. The van der Waals surface area contributed by atoms with Gasteiger partial charge >= 0.3 is 0 Å². The van der Waals surface area contributed by atoms with Gasteiger partial charge < -0.3 is 10.5 Å². The van der Waals surface area contributed by atoms with Gasteiger partial charge in [-0.05, 0) is 37.8 Å². The van der Waals surface area contributed by atoms with Crippen molar-refractivity contribution in [3.63, 3.8) is 0 Å². The number of ether oxygens (including phenoxy) is 1. The van der Waals surface area contributed by atoms with Gasteiger partial charge in [0, 0.05) is 18.6 Å². The highest BCUT2D eigenvalue weighted by Gasteiger charge is 2.39. The van der Waals surface area contributed by atoms with Crippen LogP contribution in [0.15, 0.2) is 30.3 Å². The monoisotopic (exact) mass is 260 g/mol. The summed E-state index contributed by atoms with van der Waals surface area (Å²) in [5.41, 5.74) is 7.26. The second kappa shape index (κ2) is 6.04. The first kappa shape index (κ1) is 13.1. The van der Waals surface area contributed by atoms with E-state index in [9.17, 15) is 0 Å². The highest BCUT2D eigenvalue weighted by molar-refractivity contribution is 5.20. The van der Waals surface area contributed by atoms with Gasteiger partial charge in [-0.1, -0.05) is 30.3 Å². The van der Waals surface area contributed by atoms with Crippen LogP contribution in [0, 0.1) is 0 Å². The Hall–Kier alpha value is -0.900. The average Bonchev–Trinajstić information content (AvgIpc) is 2.94. The van der Waals surface area contributed by atoms with E-state index in [1.165, 1.54) is 24.8 Å². The quantitative estimate of drug-likeness (QED) is 0.903. The third-order valence-electron chi connectivity index (χ3n) is 4.55. The van der Waals surface area contributed by atoms with Crippen molar-refractivity contribution in [1.82, 2.24) is 4.90 Å². The van der Waals surface area contributed by atoms with Crippen molar-refractivity contribution in [2.45, 2.75) is 43.9 Å². The zero-order valence-corrected chi connectivity index (χ0v) is 11.5. The normalized spacial score (nSPS) is 29.1. The molecule has 0 amide bonds. The largest absolute Gasteiger partial charge is 0.375 e. The number of morpholine rings is 1. The summed E-state index contributed by atoms with van der Waals surface area (Å²) in [5, 5.41) is 0. The average molecular weight is 260 g/mol. The predicted octanol–water partition coefficient (Wildman–Crippen LogP) is 2.33. The Labute approximate surface area is 115 Å². The Morgan fingerprint density at radius 1 is 1.26 bits per heavy atom. The van der Waals surface area contributed by atoms with Crippen molar-refractivity contribution in [3.8, 4) is 0 Å². The van der Waals surface area contributed by atoms with E-state index in [1.54, 1.807) is 0 Å². The second-order valence-corrected chi connectivity index (χ2v) is 5.65. The highest BCUT2D eigenvalue weighted by atomic mass is 16.5. The van der Waals surface area contributed by atoms with Gasteiger partial charge in [-0.3, -0.25) is 4.90 Å². The summed E-state index contributed by atoms with van der Waals surface area (Å²) in [4.78, 5) is 2.66. The minimum Gasteiger partial charge on any atom is -0.375 e. The summed E-state index contributed by atoms with van der Waals surface area (Å²) < 4.78 is 5.92. The van der Waals surface area contributed by atoms with Crippen LogP contribution in [-0.2, 0) is 4.74 Å². The molecule has 1 saturated carbocycles. The van der Waals surface area contributed by atoms with E-state index in [0.717, 1.165) is 26.1 Å². The molecule has 3 unspecified atom stereocenters. The van der Waals surface area contributed by atoms with Crippen molar-refractivity contribution < 1.29 is 4.74 Å². The van der Waals surface area contributed by atoms with E-state index in [0.29, 0.717) is 18.2 Å². The van der Waals surface area contributed by atoms with Gasteiger partial charge in [0.1, 0.15) is 0 Å². The van der Waals surface area contributed by atoms with Crippen LogP contribution in [0.25, 0.3) is 0 Å². The van der Waals surface area contributed by atoms with E-state index >= 15 is 0 Å². The molecule has 0 radical (unpaired) electrons. The minimum atomic E-state index is 0.456. The lowest BCUT2D eigenvalue weighted by Crippen LogP contribution is -2.50. The number of hydrogen-bond acceptors (Lipinski definition) is 3. The molecule has 19 heavy (non-hydrogen) atoms. The number of benzene rings is 1. The van der Waals surface area contributed by atoms with Crippen LogP contribution in [0.1, 0.15) is 37.3 Å². The van der Waals surface area contributed by atoms with Crippen molar-refractivity contribution >= 4 is 0 Å². The summed E-state index contributed by atoms with van der Waals surface area (Å²) in [6.07, 6.45) is 5.30. The van der Waals surface area contributed by atoms with E-state index in [1.807, 2.05) is 0 Å². The van der Waals surface area contributed by atoms with Crippen LogP contribution in [0.2, 0.25) is 0 Å². The SMILES string of the molecule is NCCC(c1ccccc1)N1CCOC2CCCC21. The molecule has 1 saturated heterocycles. The fraction of sp³-hybridized carbons (Fsp3) is 0.625. The van der Waals surface area contributed by atoms with Gasteiger partial charge in [-0.2, -0.15) is 0 Å². The Bertz CT molecular complexity index is 395. The molecule has 0 bridgehead atoms. The van der Waals surface area contributed by atoms with Crippen LogP contribution in [0.5, 0.6) is 0 Å². The molecule has 3 atom stereocenters. The Morgan fingerprint density at radius 3 is 2.89 bits per heavy atom. The molecule has 0 aromatic heterocycles. The molecule has 1 aliphatic heterocycles. The van der Waals surface area contributed by atoms with Gasteiger partial charge in [0.2, 0.25) is 0 Å². The Kier molecular flexibility index (Phi) is 4.16. The van der Waals surface area contributed by atoms with Gasteiger partial charge in [0.05, 0.1) is 12.7 Å². The van der Waals surface area contributed by atoms with E-state index in [4.69, 9.17) is 10.5 Å². The zero-order valence-electron chi connectivity index (χ0n) is 11.5. The standard InChI is InChI=1S/C16H24N2O/c17-10-9-14(13-5-2-1-3-6-13)18-11-12-19-16-8-4-7-15(16)18/h1-3,5-6,14-16H,4,7-12,17H2. The maximum Gasteiger partial charge on any atom is 0.0731 e. The second-order valence-electron chi connectivity index (χ2n) is 5.65. The number of hydrogen-bond donors (Lipinski definition) is 1. The number of nitrogens with two attached hydrogens (primary N) is 1. The van der Waals surface area contributed by atoms with Crippen LogP contribution in [-0.4, -0.2) is 36.7 Å². The summed E-state index contributed by atoms with van der Waals surface area (Å²) >= 11 is 0. The first-order chi connectivity index (χ1) is 9.40. The van der Waals surface area contributed by atoms with Crippen molar-refractivity contribution in [3.05, 3.63) is 35.9 Å². The topological polar surface area (TPSA) is 38.5 Å². The van der Waals surface area contributed by atoms with E-state index in [2.05, 4.69) is 35.2 Å². The maximum absolute atomic E-state index is 5.92. The van der Waals surface area contributed by atoms with Gasteiger partial charge in [-0.15, -0.1) is 0 Å². The molecule has 1 heterocycles. The van der Waals surface area contributed by atoms with Crippen molar-refractivity contribution in [1.29, 1.82) is 0 Å². The van der Waals surface area contributed by atoms with Crippen LogP contribution in [0.4, 0.5) is 0 Å². The summed E-state index contributed by atoms with van der Waals surface area (Å²) in [7, 11) is 0. The fourth-order valence-electron chi connectivity index (χ4n) is 3.70. The van der Waals surface area contributed by atoms with E-state index in [-0.39, 0.29) is 0 Å². The third-order valence-corrected chi connectivity index (χ3v) is 4.55. The summed E-state index contributed by atoms with van der Waals surface area (Å²) in [6.45, 7) is 2.66. The van der Waals surface area contributed by atoms with Crippen LogP contribution < -0.4 is 5.73 Å². The molecule has 104 valence electrons. The predicted molar refractivity (Wildman–Crippen MR) is 76.9 cm³/mol. The van der Waals surface area contributed by atoms with Crippen molar-refractivity contribution in [2.24, 2.45) is 5.73 Å². The molecule has 1 aromatic rings. The molecule has 2 fully saturated rings. The lowest BCUT2D eigenvalue weighted by atomic mass is 9.98. The Balaban J connectivity index is 1.83. The smallest absolute Gasteiger partial charge is 0.0731 e. The van der Waals surface area contributed by atoms with Crippen LogP contribution >= 0.6 is 0 Å². The van der Waals surface area contributed by atoms with Crippen LogP contribution in [0.3, 0.4) is 0 Å². The van der Waals surface area contributed by atoms with Gasteiger partial charge in [-0.25, -0.2) is 0 Å². The lowest BCUT2D eigenvalue weighted by molar-refractivity contribution is -0.0733. The van der Waals surface area contributed by atoms with E-state index < -0.39 is 0 Å². The summed E-state index contributed by atoms with van der Waals surface area (Å²) in [5.74, 6) is 0.